The minimum absolute atomic E-state index is 0.00914. The SMILES string of the molecule is COc1ccc(S(=O)(=O)N[C@@H]2CCN(c3ccc4nncn4n3)C2)cc1C(N)=O. The molecule has 0 saturated carbocycles. The number of methoxy groups -OCH3 is 1. The number of rotatable bonds is 6. The standard InChI is InChI=1S/C17H19N7O4S/c1-28-14-3-2-12(8-13(14)17(18)25)29(26,27)22-11-6-7-23(9-11)16-5-4-15-20-19-10-24(15)21-16/h2-5,8,10-11,22H,6-7,9H2,1H3,(H2,18,25)/t11-/m1/s1. The molecule has 1 aliphatic heterocycles. The molecule has 0 radical (unpaired) electrons. The lowest BCUT2D eigenvalue weighted by atomic mass is 10.2. The number of nitrogens with one attached hydrogen (secondary N) is 1. The Bertz CT molecular complexity index is 1180. The second-order valence-electron chi connectivity index (χ2n) is 6.60. The molecule has 1 atom stereocenters. The van der Waals surface area contributed by atoms with Gasteiger partial charge in [0.2, 0.25) is 10.0 Å². The fraction of sp³-hybridized carbons (Fsp3) is 0.294. The predicted molar refractivity (Wildman–Crippen MR) is 103 cm³/mol. The first-order valence-corrected chi connectivity index (χ1v) is 10.3. The number of sulfonamides is 1. The van der Waals surface area contributed by atoms with Crippen molar-refractivity contribution in [2.24, 2.45) is 5.73 Å². The molecule has 29 heavy (non-hydrogen) atoms. The maximum absolute atomic E-state index is 12.8. The van der Waals surface area contributed by atoms with E-state index in [0.717, 1.165) is 0 Å². The van der Waals surface area contributed by atoms with Crippen molar-refractivity contribution < 1.29 is 17.9 Å². The number of fused-ring (bicyclic) bond motifs is 1. The van der Waals surface area contributed by atoms with E-state index in [9.17, 15) is 13.2 Å². The molecule has 0 bridgehead atoms. The zero-order chi connectivity index (χ0) is 20.6. The van der Waals surface area contributed by atoms with Crippen LogP contribution in [-0.4, -0.2) is 60.4 Å². The van der Waals surface area contributed by atoms with Gasteiger partial charge in [-0.15, -0.1) is 15.3 Å². The van der Waals surface area contributed by atoms with E-state index >= 15 is 0 Å². The summed E-state index contributed by atoms with van der Waals surface area (Å²) in [5.41, 5.74) is 5.96. The Labute approximate surface area is 166 Å². The average Bonchev–Trinajstić information content (AvgIpc) is 3.35. The molecule has 4 rings (SSSR count). The number of amides is 1. The molecule has 0 spiro atoms. The maximum Gasteiger partial charge on any atom is 0.252 e. The summed E-state index contributed by atoms with van der Waals surface area (Å²) in [6.45, 7) is 1.10. The molecular formula is C17H19N7O4S. The largest absolute Gasteiger partial charge is 0.496 e. The Hall–Kier alpha value is -3.25. The Balaban J connectivity index is 1.50. The molecular weight excluding hydrogens is 398 g/mol. The van der Waals surface area contributed by atoms with Gasteiger partial charge in [-0.3, -0.25) is 4.79 Å². The lowest BCUT2D eigenvalue weighted by molar-refractivity contribution is 0.0997. The first-order chi connectivity index (χ1) is 13.9. The van der Waals surface area contributed by atoms with Crippen molar-refractivity contribution in [3.63, 3.8) is 0 Å². The summed E-state index contributed by atoms with van der Waals surface area (Å²) < 4.78 is 34.9. The third-order valence-corrected chi connectivity index (χ3v) is 6.25. The summed E-state index contributed by atoms with van der Waals surface area (Å²) in [7, 11) is -2.46. The van der Waals surface area contributed by atoms with Crippen LogP contribution in [0.15, 0.2) is 41.6 Å². The number of hydrogen-bond donors (Lipinski definition) is 2. The third-order valence-electron chi connectivity index (χ3n) is 4.73. The molecule has 3 aromatic rings. The van der Waals surface area contributed by atoms with Crippen LogP contribution in [0.1, 0.15) is 16.8 Å². The van der Waals surface area contributed by atoms with Crippen molar-refractivity contribution in [2.75, 3.05) is 25.1 Å². The predicted octanol–water partition coefficient (Wildman–Crippen LogP) is -0.211. The van der Waals surface area contributed by atoms with E-state index in [1.165, 1.54) is 31.6 Å². The van der Waals surface area contributed by atoms with Crippen molar-refractivity contribution >= 4 is 27.4 Å². The second kappa shape index (κ2) is 7.29. The molecule has 1 saturated heterocycles. The molecule has 12 heteroatoms. The van der Waals surface area contributed by atoms with Crippen LogP contribution in [0.2, 0.25) is 0 Å². The summed E-state index contributed by atoms with van der Waals surface area (Å²) >= 11 is 0. The number of hydrogen-bond acceptors (Lipinski definition) is 8. The Kier molecular flexibility index (Phi) is 4.80. The van der Waals surface area contributed by atoms with E-state index in [-0.39, 0.29) is 22.3 Å². The summed E-state index contributed by atoms with van der Waals surface area (Å²) in [5, 5.41) is 12.1. The first-order valence-electron chi connectivity index (χ1n) is 8.79. The second-order valence-corrected chi connectivity index (χ2v) is 8.32. The van der Waals surface area contributed by atoms with Crippen LogP contribution in [0.5, 0.6) is 5.75 Å². The number of ether oxygens (including phenoxy) is 1. The van der Waals surface area contributed by atoms with Gasteiger partial charge in [-0.05, 0) is 36.8 Å². The molecule has 1 fully saturated rings. The van der Waals surface area contributed by atoms with E-state index in [1.807, 2.05) is 11.0 Å². The van der Waals surface area contributed by atoms with Crippen LogP contribution in [0, 0.1) is 0 Å². The highest BCUT2D eigenvalue weighted by molar-refractivity contribution is 7.89. The number of carbonyl (C=O) groups excluding carboxylic acids is 1. The van der Waals surface area contributed by atoms with Gasteiger partial charge in [-0.1, -0.05) is 0 Å². The fourth-order valence-corrected chi connectivity index (χ4v) is 4.57. The lowest BCUT2D eigenvalue weighted by Gasteiger charge is -2.18. The highest BCUT2D eigenvalue weighted by Gasteiger charge is 2.29. The Morgan fingerprint density at radius 2 is 2.14 bits per heavy atom. The van der Waals surface area contributed by atoms with Crippen LogP contribution in [0.3, 0.4) is 0 Å². The molecule has 3 heterocycles. The van der Waals surface area contributed by atoms with E-state index in [2.05, 4.69) is 20.0 Å². The van der Waals surface area contributed by atoms with Gasteiger partial charge < -0.3 is 15.4 Å². The van der Waals surface area contributed by atoms with Gasteiger partial charge in [0.05, 0.1) is 17.6 Å². The summed E-state index contributed by atoms with van der Waals surface area (Å²) in [6.07, 6.45) is 2.12. The Morgan fingerprint density at radius 1 is 1.31 bits per heavy atom. The molecule has 0 unspecified atom stereocenters. The quantitative estimate of drug-likeness (QED) is 0.560. The van der Waals surface area contributed by atoms with Crippen molar-refractivity contribution in [2.45, 2.75) is 17.4 Å². The van der Waals surface area contributed by atoms with E-state index in [4.69, 9.17) is 10.5 Å². The number of benzene rings is 1. The number of nitrogens with two attached hydrogens (primary N) is 1. The molecule has 1 aromatic carbocycles. The highest BCUT2D eigenvalue weighted by Crippen LogP contribution is 2.24. The number of nitrogens with zero attached hydrogens (tertiary/aromatic N) is 5. The molecule has 2 aromatic heterocycles. The van der Waals surface area contributed by atoms with Crippen LogP contribution in [0.4, 0.5) is 5.82 Å². The maximum atomic E-state index is 12.8. The molecule has 152 valence electrons. The van der Waals surface area contributed by atoms with Gasteiger partial charge in [0.25, 0.3) is 5.91 Å². The van der Waals surface area contributed by atoms with Crippen molar-refractivity contribution in [3.8, 4) is 5.75 Å². The number of primary amides is 1. The van der Waals surface area contributed by atoms with Gasteiger partial charge in [0.15, 0.2) is 5.65 Å². The average molecular weight is 417 g/mol. The molecule has 11 nitrogen and oxygen atoms in total. The molecule has 0 aliphatic carbocycles. The van der Waals surface area contributed by atoms with Gasteiger partial charge in [0.1, 0.15) is 17.9 Å². The van der Waals surface area contributed by atoms with E-state index in [0.29, 0.717) is 31.0 Å². The topological polar surface area (TPSA) is 145 Å². The number of carbonyl (C=O) groups is 1. The van der Waals surface area contributed by atoms with E-state index in [1.54, 1.807) is 10.6 Å². The normalized spacial score (nSPS) is 17.0. The third kappa shape index (κ3) is 3.71. The van der Waals surface area contributed by atoms with Gasteiger partial charge in [-0.25, -0.2) is 13.1 Å². The first kappa shape index (κ1) is 19.1. The minimum Gasteiger partial charge on any atom is -0.496 e. The van der Waals surface area contributed by atoms with Crippen LogP contribution in [0.25, 0.3) is 5.65 Å². The molecule has 1 aliphatic rings. The number of aromatic nitrogens is 4. The zero-order valence-electron chi connectivity index (χ0n) is 15.5. The Morgan fingerprint density at radius 3 is 2.90 bits per heavy atom. The van der Waals surface area contributed by atoms with Crippen molar-refractivity contribution in [3.05, 3.63) is 42.2 Å². The summed E-state index contributed by atoms with van der Waals surface area (Å²) in [4.78, 5) is 13.5. The smallest absolute Gasteiger partial charge is 0.252 e. The zero-order valence-corrected chi connectivity index (χ0v) is 16.3. The highest BCUT2D eigenvalue weighted by atomic mass is 32.2. The van der Waals surface area contributed by atoms with Crippen LogP contribution in [-0.2, 0) is 10.0 Å². The molecule has 1 amide bonds. The van der Waals surface area contributed by atoms with Crippen LogP contribution < -0.4 is 20.1 Å². The van der Waals surface area contributed by atoms with E-state index < -0.39 is 15.9 Å². The van der Waals surface area contributed by atoms with Gasteiger partial charge in [-0.2, -0.15) is 4.52 Å². The van der Waals surface area contributed by atoms with Gasteiger partial charge in [0, 0.05) is 19.1 Å². The lowest BCUT2D eigenvalue weighted by Crippen LogP contribution is -2.37. The minimum atomic E-state index is -3.84. The van der Waals surface area contributed by atoms with Gasteiger partial charge >= 0.3 is 0 Å². The molecule has 3 N–H and O–H groups in total. The summed E-state index contributed by atoms with van der Waals surface area (Å²) in [6, 6.07) is 7.32. The van der Waals surface area contributed by atoms with Crippen LogP contribution >= 0.6 is 0 Å². The fourth-order valence-electron chi connectivity index (χ4n) is 3.29. The summed E-state index contributed by atoms with van der Waals surface area (Å²) in [5.74, 6) is 0.166. The number of anilines is 1. The van der Waals surface area contributed by atoms with Crippen molar-refractivity contribution in [1.82, 2.24) is 24.5 Å². The van der Waals surface area contributed by atoms with Crippen molar-refractivity contribution in [1.29, 1.82) is 0 Å². The monoisotopic (exact) mass is 417 g/mol.